The van der Waals surface area contributed by atoms with E-state index in [0.717, 1.165) is 6.07 Å². The molecule has 1 aromatic rings. The number of amides is 2. The number of piperidine rings is 1. The summed E-state index contributed by atoms with van der Waals surface area (Å²) in [5.41, 5.74) is 5.00. The average Bonchev–Trinajstić information content (AvgIpc) is 2.37. The number of anilines is 1. The van der Waals surface area contributed by atoms with E-state index in [1.165, 1.54) is 0 Å². The number of benzene rings is 1. The van der Waals surface area contributed by atoms with Crippen molar-refractivity contribution in [2.45, 2.75) is 23.8 Å². The Morgan fingerprint density at radius 2 is 1.95 bits per heavy atom. The van der Waals surface area contributed by atoms with Crippen LogP contribution in [-0.2, 0) is 19.6 Å². The van der Waals surface area contributed by atoms with Gasteiger partial charge in [-0.25, -0.2) is 17.2 Å². The predicted octanol–water partition coefficient (Wildman–Crippen LogP) is -0.369. The second-order valence-electron chi connectivity index (χ2n) is 4.44. The molecular formula is C11H11F2N3O4S. The number of imide groups is 1. The number of carbonyl (C=O) groups is 2. The molecule has 114 valence electrons. The lowest BCUT2D eigenvalue weighted by atomic mass is 10.1. The van der Waals surface area contributed by atoms with Crippen molar-refractivity contribution in [2.24, 2.45) is 0 Å². The minimum absolute atomic E-state index is 0.0628. The summed E-state index contributed by atoms with van der Waals surface area (Å²) >= 11 is 0. The second-order valence-corrected chi connectivity index (χ2v) is 6.12. The van der Waals surface area contributed by atoms with Gasteiger partial charge in [-0.3, -0.25) is 14.9 Å². The third-order valence-corrected chi connectivity index (χ3v) is 4.31. The van der Waals surface area contributed by atoms with Crippen LogP contribution in [0.25, 0.3) is 0 Å². The maximum absolute atomic E-state index is 13.6. The fraction of sp³-hybridized carbons (Fsp3) is 0.273. The molecule has 1 saturated heterocycles. The highest BCUT2D eigenvalue weighted by Gasteiger charge is 2.32. The normalized spacial score (nSPS) is 19.4. The Balaban J connectivity index is 2.31. The molecule has 1 aliphatic rings. The van der Waals surface area contributed by atoms with E-state index in [9.17, 15) is 26.8 Å². The standard InChI is InChI=1S/C11H11F2N3O4S/c12-6-3-5(14)4-8(10(6)13)21(19,20)16-7-1-2-9(17)15-11(7)18/h3-4,7,16H,1-2,14H2,(H,15,17,18). The Bertz CT molecular complexity index is 720. The van der Waals surface area contributed by atoms with Gasteiger partial charge in [-0.15, -0.1) is 0 Å². The van der Waals surface area contributed by atoms with Crippen molar-refractivity contribution in [3.8, 4) is 0 Å². The molecule has 1 heterocycles. The highest BCUT2D eigenvalue weighted by molar-refractivity contribution is 7.89. The molecule has 0 aromatic heterocycles. The van der Waals surface area contributed by atoms with Gasteiger partial charge in [0.1, 0.15) is 10.9 Å². The number of rotatable bonds is 3. The maximum atomic E-state index is 13.6. The van der Waals surface area contributed by atoms with E-state index in [1.54, 1.807) is 0 Å². The second kappa shape index (κ2) is 5.37. The van der Waals surface area contributed by atoms with Gasteiger partial charge in [-0.1, -0.05) is 0 Å². The minimum Gasteiger partial charge on any atom is -0.399 e. The van der Waals surface area contributed by atoms with E-state index in [0.29, 0.717) is 6.07 Å². The summed E-state index contributed by atoms with van der Waals surface area (Å²) in [5, 5.41) is 1.94. The fourth-order valence-electron chi connectivity index (χ4n) is 1.84. The molecule has 10 heteroatoms. The molecule has 0 saturated carbocycles. The van der Waals surface area contributed by atoms with Gasteiger partial charge in [-0.2, -0.15) is 4.72 Å². The van der Waals surface area contributed by atoms with Crippen LogP contribution in [0.1, 0.15) is 12.8 Å². The van der Waals surface area contributed by atoms with Crippen LogP contribution in [0, 0.1) is 11.6 Å². The fourth-order valence-corrected chi connectivity index (χ4v) is 3.19. The first-order chi connectivity index (χ1) is 9.70. The molecule has 0 aliphatic carbocycles. The van der Waals surface area contributed by atoms with Crippen LogP contribution >= 0.6 is 0 Å². The zero-order valence-corrected chi connectivity index (χ0v) is 11.3. The molecular weight excluding hydrogens is 308 g/mol. The molecule has 2 rings (SSSR count). The number of nitrogens with one attached hydrogen (secondary N) is 2. The predicted molar refractivity (Wildman–Crippen MR) is 67.3 cm³/mol. The summed E-state index contributed by atoms with van der Waals surface area (Å²) in [6, 6.07) is 0.143. The minimum atomic E-state index is -4.50. The summed E-state index contributed by atoms with van der Waals surface area (Å²) < 4.78 is 52.7. The van der Waals surface area contributed by atoms with Gasteiger partial charge in [-0.05, 0) is 18.6 Å². The maximum Gasteiger partial charge on any atom is 0.244 e. The van der Waals surface area contributed by atoms with Crippen LogP contribution in [0.5, 0.6) is 0 Å². The quantitative estimate of drug-likeness (QED) is 0.519. The van der Waals surface area contributed by atoms with E-state index in [1.807, 2.05) is 10.0 Å². The molecule has 21 heavy (non-hydrogen) atoms. The van der Waals surface area contributed by atoms with Gasteiger partial charge in [0.25, 0.3) is 0 Å². The van der Waals surface area contributed by atoms with Crippen molar-refractivity contribution in [3.05, 3.63) is 23.8 Å². The molecule has 1 aromatic carbocycles. The zero-order valence-electron chi connectivity index (χ0n) is 10.5. The van der Waals surface area contributed by atoms with Crippen LogP contribution in [0.15, 0.2) is 17.0 Å². The molecule has 0 radical (unpaired) electrons. The highest BCUT2D eigenvalue weighted by Crippen LogP contribution is 2.21. The Morgan fingerprint density at radius 1 is 1.29 bits per heavy atom. The van der Waals surface area contributed by atoms with Crippen molar-refractivity contribution in [1.29, 1.82) is 0 Å². The summed E-state index contributed by atoms with van der Waals surface area (Å²) in [6.45, 7) is 0. The lowest BCUT2D eigenvalue weighted by molar-refractivity contribution is -0.134. The van der Waals surface area contributed by atoms with Gasteiger partial charge in [0, 0.05) is 12.1 Å². The molecule has 0 bridgehead atoms. The van der Waals surface area contributed by atoms with Crippen molar-refractivity contribution >= 4 is 27.5 Å². The first kappa shape index (κ1) is 15.3. The molecule has 4 N–H and O–H groups in total. The number of sulfonamides is 1. The molecule has 1 fully saturated rings. The van der Waals surface area contributed by atoms with Crippen molar-refractivity contribution in [3.63, 3.8) is 0 Å². The third-order valence-electron chi connectivity index (χ3n) is 2.84. The zero-order chi connectivity index (χ0) is 15.8. The Labute approximate surface area is 118 Å². The summed E-state index contributed by atoms with van der Waals surface area (Å²) in [7, 11) is -4.50. The summed E-state index contributed by atoms with van der Waals surface area (Å²) in [6.07, 6.45) is -0.136. The molecule has 1 aliphatic heterocycles. The van der Waals surface area contributed by atoms with Gasteiger partial charge in [0.05, 0.1) is 0 Å². The van der Waals surface area contributed by atoms with Crippen molar-refractivity contribution in [1.82, 2.24) is 10.0 Å². The lowest BCUT2D eigenvalue weighted by Crippen LogP contribution is -2.52. The summed E-state index contributed by atoms with van der Waals surface area (Å²) in [5.74, 6) is -4.39. The SMILES string of the molecule is Nc1cc(F)c(F)c(S(=O)(=O)NC2CCC(=O)NC2=O)c1. The van der Waals surface area contributed by atoms with Crippen LogP contribution < -0.4 is 15.8 Å². The van der Waals surface area contributed by atoms with Gasteiger partial charge >= 0.3 is 0 Å². The van der Waals surface area contributed by atoms with Crippen LogP contribution in [0.4, 0.5) is 14.5 Å². The van der Waals surface area contributed by atoms with E-state index < -0.39 is 44.4 Å². The van der Waals surface area contributed by atoms with Crippen molar-refractivity contribution in [2.75, 3.05) is 5.73 Å². The lowest BCUT2D eigenvalue weighted by Gasteiger charge is -2.21. The monoisotopic (exact) mass is 319 g/mol. The number of hydrogen-bond acceptors (Lipinski definition) is 5. The van der Waals surface area contributed by atoms with E-state index in [2.05, 4.69) is 0 Å². The Kier molecular flexibility index (Phi) is 3.92. The number of carbonyl (C=O) groups excluding carboxylic acids is 2. The van der Waals surface area contributed by atoms with Gasteiger partial charge in [0.2, 0.25) is 21.8 Å². The van der Waals surface area contributed by atoms with Crippen LogP contribution in [0.3, 0.4) is 0 Å². The number of nitrogens with two attached hydrogens (primary N) is 1. The van der Waals surface area contributed by atoms with Crippen molar-refractivity contribution < 1.29 is 26.8 Å². The smallest absolute Gasteiger partial charge is 0.244 e. The Hall–Kier alpha value is -2.07. The topological polar surface area (TPSA) is 118 Å². The molecule has 7 nitrogen and oxygen atoms in total. The molecule has 0 spiro atoms. The molecule has 1 unspecified atom stereocenters. The molecule has 1 atom stereocenters. The third kappa shape index (κ3) is 3.16. The number of halogens is 2. The Morgan fingerprint density at radius 3 is 2.57 bits per heavy atom. The molecule has 2 amide bonds. The van der Waals surface area contributed by atoms with Gasteiger partial charge in [0.15, 0.2) is 11.6 Å². The average molecular weight is 319 g/mol. The number of nitrogen functional groups attached to an aromatic ring is 1. The number of hydrogen-bond donors (Lipinski definition) is 3. The first-order valence-corrected chi connectivity index (χ1v) is 7.29. The highest BCUT2D eigenvalue weighted by atomic mass is 32.2. The van der Waals surface area contributed by atoms with E-state index >= 15 is 0 Å². The van der Waals surface area contributed by atoms with Crippen LogP contribution in [-0.4, -0.2) is 26.3 Å². The summed E-state index contributed by atoms with van der Waals surface area (Å²) in [4.78, 5) is 21.4. The largest absolute Gasteiger partial charge is 0.399 e. The first-order valence-electron chi connectivity index (χ1n) is 5.81. The van der Waals surface area contributed by atoms with Crippen LogP contribution in [0.2, 0.25) is 0 Å². The van der Waals surface area contributed by atoms with E-state index in [-0.39, 0.29) is 18.5 Å². The van der Waals surface area contributed by atoms with E-state index in [4.69, 9.17) is 5.73 Å². The van der Waals surface area contributed by atoms with Gasteiger partial charge < -0.3 is 5.73 Å².